The van der Waals surface area contributed by atoms with Crippen molar-refractivity contribution in [3.8, 4) is 34.3 Å². The molecule has 0 fully saturated rings. The normalized spacial score (nSPS) is 10.5. The van der Waals surface area contributed by atoms with Crippen LogP contribution in [0.5, 0.6) is 11.5 Å². The van der Waals surface area contributed by atoms with Gasteiger partial charge in [0, 0.05) is 17.7 Å². The Morgan fingerprint density at radius 3 is 2.68 bits per heavy atom. The molecule has 0 saturated heterocycles. The molecule has 0 radical (unpaired) electrons. The molecule has 1 amide bonds. The predicted octanol–water partition coefficient (Wildman–Crippen LogP) is 3.71. The minimum atomic E-state index is -0.162. The smallest absolute Gasteiger partial charge is 0.258 e. The first-order valence-corrected chi connectivity index (χ1v) is 9.18. The number of ether oxygens (including phenoxy) is 2. The molecule has 0 atom stereocenters. The second kappa shape index (κ2) is 9.55. The summed E-state index contributed by atoms with van der Waals surface area (Å²) in [5.74, 6) is 1.69. The number of nitrogens with zero attached hydrogens (tertiary/aromatic N) is 2. The van der Waals surface area contributed by atoms with Crippen LogP contribution in [0.15, 0.2) is 53.1 Å². The van der Waals surface area contributed by atoms with E-state index in [1.165, 1.54) is 0 Å². The average Bonchev–Trinajstić information content (AvgIpc) is 3.23. The average molecular weight is 381 g/mol. The number of hydrogen-bond donors (Lipinski definition) is 1. The summed E-state index contributed by atoms with van der Waals surface area (Å²) in [6.07, 6.45) is 1.97. The summed E-state index contributed by atoms with van der Waals surface area (Å²) in [6, 6.07) is 14.8. The second-order valence-corrected chi connectivity index (χ2v) is 6.15. The third-order valence-corrected chi connectivity index (χ3v) is 4.08. The minimum absolute atomic E-state index is 0.0697. The van der Waals surface area contributed by atoms with Gasteiger partial charge in [-0.15, -0.1) is 0 Å². The number of amides is 1. The van der Waals surface area contributed by atoms with E-state index in [-0.39, 0.29) is 12.5 Å². The van der Waals surface area contributed by atoms with Gasteiger partial charge in [-0.25, -0.2) is 0 Å². The van der Waals surface area contributed by atoms with Crippen LogP contribution < -0.4 is 14.8 Å². The number of unbranched alkanes of at least 4 members (excludes halogenated alkanes) is 1. The van der Waals surface area contributed by atoms with Gasteiger partial charge < -0.3 is 19.3 Å². The lowest BCUT2D eigenvalue weighted by Crippen LogP contribution is -2.29. The number of rotatable bonds is 9. The molecule has 0 unspecified atom stereocenters. The Kier molecular flexibility index (Phi) is 6.62. The Morgan fingerprint density at radius 2 is 1.93 bits per heavy atom. The van der Waals surface area contributed by atoms with Gasteiger partial charge in [0.05, 0.1) is 7.11 Å². The molecule has 0 spiro atoms. The Morgan fingerprint density at radius 1 is 1.11 bits per heavy atom. The molecule has 0 aliphatic carbocycles. The first-order chi connectivity index (χ1) is 13.7. The number of hydrogen-bond acceptors (Lipinski definition) is 6. The summed E-state index contributed by atoms with van der Waals surface area (Å²) in [4.78, 5) is 16.2. The van der Waals surface area contributed by atoms with Crippen molar-refractivity contribution in [2.75, 3.05) is 20.3 Å². The van der Waals surface area contributed by atoms with E-state index >= 15 is 0 Å². The maximum atomic E-state index is 11.8. The number of benzene rings is 2. The van der Waals surface area contributed by atoms with E-state index in [1.807, 2.05) is 30.3 Å². The summed E-state index contributed by atoms with van der Waals surface area (Å²) in [5, 5.41) is 6.85. The lowest BCUT2D eigenvalue weighted by atomic mass is 10.2. The van der Waals surface area contributed by atoms with Gasteiger partial charge in [0.15, 0.2) is 18.1 Å². The fourth-order valence-corrected chi connectivity index (χ4v) is 2.56. The zero-order valence-corrected chi connectivity index (χ0v) is 16.0. The Balaban J connectivity index is 1.69. The molecular formula is C21H23N3O4. The summed E-state index contributed by atoms with van der Waals surface area (Å²) in [7, 11) is 1.54. The molecule has 7 heteroatoms. The van der Waals surface area contributed by atoms with Crippen LogP contribution in [0, 0.1) is 0 Å². The molecule has 2 aromatic carbocycles. The van der Waals surface area contributed by atoms with Crippen LogP contribution in [0.3, 0.4) is 0 Å². The van der Waals surface area contributed by atoms with Crippen LogP contribution >= 0.6 is 0 Å². The van der Waals surface area contributed by atoms with Crippen LogP contribution in [-0.4, -0.2) is 36.3 Å². The van der Waals surface area contributed by atoms with Gasteiger partial charge >= 0.3 is 0 Å². The highest BCUT2D eigenvalue weighted by Gasteiger charge is 2.14. The van der Waals surface area contributed by atoms with Gasteiger partial charge in [0.25, 0.3) is 11.8 Å². The van der Waals surface area contributed by atoms with E-state index in [0.29, 0.717) is 29.8 Å². The fraction of sp³-hybridized carbons (Fsp3) is 0.286. The quantitative estimate of drug-likeness (QED) is 0.569. The summed E-state index contributed by atoms with van der Waals surface area (Å²) < 4.78 is 16.3. The molecule has 28 heavy (non-hydrogen) atoms. The van der Waals surface area contributed by atoms with Gasteiger partial charge in [-0.2, -0.15) is 4.98 Å². The largest absolute Gasteiger partial charge is 0.493 e. The van der Waals surface area contributed by atoms with Crippen molar-refractivity contribution in [3.63, 3.8) is 0 Å². The van der Waals surface area contributed by atoms with E-state index in [9.17, 15) is 4.79 Å². The van der Waals surface area contributed by atoms with E-state index in [1.54, 1.807) is 25.3 Å². The highest BCUT2D eigenvalue weighted by atomic mass is 16.5. The third kappa shape index (κ3) is 4.88. The zero-order chi connectivity index (χ0) is 19.8. The minimum Gasteiger partial charge on any atom is -0.493 e. The molecule has 0 bridgehead atoms. The molecule has 1 N–H and O–H groups in total. The van der Waals surface area contributed by atoms with E-state index in [4.69, 9.17) is 14.0 Å². The summed E-state index contributed by atoms with van der Waals surface area (Å²) in [6.45, 7) is 2.65. The molecule has 0 aliphatic heterocycles. The second-order valence-electron chi connectivity index (χ2n) is 6.15. The number of nitrogens with one attached hydrogen (secondary N) is 1. The van der Waals surface area contributed by atoms with Gasteiger partial charge in [-0.3, -0.25) is 4.79 Å². The van der Waals surface area contributed by atoms with Crippen LogP contribution in [-0.2, 0) is 4.79 Å². The molecular weight excluding hydrogens is 358 g/mol. The fourth-order valence-electron chi connectivity index (χ4n) is 2.56. The van der Waals surface area contributed by atoms with Crippen molar-refractivity contribution < 1.29 is 18.8 Å². The summed E-state index contributed by atoms with van der Waals surface area (Å²) in [5.41, 5.74) is 1.57. The highest BCUT2D eigenvalue weighted by molar-refractivity contribution is 5.77. The highest BCUT2D eigenvalue weighted by Crippen LogP contribution is 2.32. The zero-order valence-electron chi connectivity index (χ0n) is 16.0. The van der Waals surface area contributed by atoms with Crippen LogP contribution in [0.2, 0.25) is 0 Å². The number of aromatic nitrogens is 2. The molecule has 7 nitrogen and oxygen atoms in total. The SMILES string of the molecule is CCCCNC(=O)COc1ccc(-c2noc(-c3ccccc3)n2)cc1OC. The summed E-state index contributed by atoms with van der Waals surface area (Å²) >= 11 is 0. The number of carbonyl (C=O) groups is 1. The van der Waals surface area contributed by atoms with Crippen molar-refractivity contribution in [3.05, 3.63) is 48.5 Å². The van der Waals surface area contributed by atoms with Gasteiger partial charge in [0.2, 0.25) is 5.82 Å². The Hall–Kier alpha value is -3.35. The van der Waals surface area contributed by atoms with Crippen molar-refractivity contribution in [2.45, 2.75) is 19.8 Å². The Bertz CT molecular complexity index is 909. The van der Waals surface area contributed by atoms with Gasteiger partial charge in [-0.05, 0) is 36.8 Å². The molecule has 1 aromatic heterocycles. The first kappa shape index (κ1) is 19.4. The molecule has 3 rings (SSSR count). The van der Waals surface area contributed by atoms with Crippen molar-refractivity contribution in [1.82, 2.24) is 15.5 Å². The van der Waals surface area contributed by atoms with Crippen LogP contribution in [0.1, 0.15) is 19.8 Å². The molecule has 146 valence electrons. The topological polar surface area (TPSA) is 86.5 Å². The maximum Gasteiger partial charge on any atom is 0.258 e. The van der Waals surface area contributed by atoms with Crippen molar-refractivity contribution in [2.24, 2.45) is 0 Å². The van der Waals surface area contributed by atoms with Crippen molar-refractivity contribution >= 4 is 5.91 Å². The van der Waals surface area contributed by atoms with Crippen LogP contribution in [0.25, 0.3) is 22.8 Å². The van der Waals surface area contributed by atoms with E-state index in [2.05, 4.69) is 22.4 Å². The molecule has 3 aromatic rings. The predicted molar refractivity (Wildman–Crippen MR) is 105 cm³/mol. The monoisotopic (exact) mass is 381 g/mol. The van der Waals surface area contributed by atoms with E-state index < -0.39 is 0 Å². The first-order valence-electron chi connectivity index (χ1n) is 9.18. The number of methoxy groups -OCH3 is 1. The van der Waals surface area contributed by atoms with Gasteiger partial charge in [0.1, 0.15) is 0 Å². The molecule has 1 heterocycles. The van der Waals surface area contributed by atoms with E-state index in [0.717, 1.165) is 24.0 Å². The standard InChI is InChI=1S/C21H23N3O4/c1-3-4-12-22-19(25)14-27-17-11-10-16(13-18(17)26-2)20-23-21(28-24-20)15-8-6-5-7-9-15/h5-11,13H,3-4,12,14H2,1-2H3,(H,22,25). The Labute approximate surface area is 163 Å². The molecule has 0 aliphatic rings. The lowest BCUT2D eigenvalue weighted by molar-refractivity contribution is -0.123. The number of carbonyl (C=O) groups excluding carboxylic acids is 1. The van der Waals surface area contributed by atoms with Gasteiger partial charge in [-0.1, -0.05) is 36.7 Å². The maximum absolute atomic E-state index is 11.8. The lowest BCUT2D eigenvalue weighted by Gasteiger charge is -2.11. The van der Waals surface area contributed by atoms with Crippen LogP contribution in [0.4, 0.5) is 0 Å². The van der Waals surface area contributed by atoms with Crippen molar-refractivity contribution in [1.29, 1.82) is 0 Å². The molecule has 0 saturated carbocycles. The third-order valence-electron chi connectivity index (χ3n) is 4.08.